The van der Waals surface area contributed by atoms with Crippen molar-refractivity contribution in [1.82, 2.24) is 14.7 Å². The Morgan fingerprint density at radius 1 is 1.23 bits per heavy atom. The first kappa shape index (κ1) is 17.8. The molecule has 0 radical (unpaired) electrons. The maximum atomic E-state index is 12.6. The lowest BCUT2D eigenvalue weighted by atomic mass is 10.2. The fourth-order valence-corrected chi connectivity index (χ4v) is 2.79. The molecule has 2 heterocycles. The maximum absolute atomic E-state index is 12.6. The van der Waals surface area contributed by atoms with Crippen LogP contribution in [-0.4, -0.2) is 52.8 Å². The third kappa shape index (κ3) is 3.79. The number of benzene rings is 1. The third-order valence-corrected chi connectivity index (χ3v) is 4.05. The fourth-order valence-electron chi connectivity index (χ4n) is 2.79. The van der Waals surface area contributed by atoms with Gasteiger partial charge in [0, 0.05) is 25.3 Å². The van der Waals surface area contributed by atoms with Gasteiger partial charge < -0.3 is 19.7 Å². The Balaban J connectivity index is 1.66. The van der Waals surface area contributed by atoms with Crippen molar-refractivity contribution in [3.63, 3.8) is 0 Å². The number of amides is 2. The summed E-state index contributed by atoms with van der Waals surface area (Å²) in [6.07, 6.45) is 0. The molecule has 8 heteroatoms. The molecule has 8 nitrogen and oxygen atoms in total. The normalized spacial score (nSPS) is 12.6. The average Bonchev–Trinajstić information content (AvgIpc) is 2.97. The van der Waals surface area contributed by atoms with Gasteiger partial charge >= 0.3 is 0 Å². The molecule has 0 fully saturated rings. The van der Waals surface area contributed by atoms with E-state index in [4.69, 9.17) is 9.47 Å². The number of likely N-dealkylation sites (N-methyl/N-ethyl adjacent to an activating group) is 1. The molecule has 0 aliphatic carbocycles. The van der Waals surface area contributed by atoms with E-state index in [0.29, 0.717) is 42.6 Å². The van der Waals surface area contributed by atoms with E-state index in [-0.39, 0.29) is 18.4 Å². The standard InChI is InChI=1S/C18H22N4O4/c1-4-22(18(24)14-9-12(2)20-21(14)3)11-17(23)19-13-5-6-15-16(10-13)26-8-7-25-15/h5-6,9-10H,4,7-8,11H2,1-3H3,(H,19,23). The largest absolute Gasteiger partial charge is 0.486 e. The number of aryl methyl sites for hydroxylation is 2. The van der Waals surface area contributed by atoms with Crippen molar-refractivity contribution < 1.29 is 19.1 Å². The summed E-state index contributed by atoms with van der Waals surface area (Å²) in [4.78, 5) is 26.5. The summed E-state index contributed by atoms with van der Waals surface area (Å²) >= 11 is 0. The predicted molar refractivity (Wildman–Crippen MR) is 95.6 cm³/mol. The van der Waals surface area contributed by atoms with Gasteiger partial charge in [0.05, 0.1) is 5.69 Å². The predicted octanol–water partition coefficient (Wildman–Crippen LogP) is 1.60. The number of hydrogen-bond acceptors (Lipinski definition) is 5. The molecule has 0 atom stereocenters. The molecule has 0 unspecified atom stereocenters. The van der Waals surface area contributed by atoms with E-state index in [1.54, 1.807) is 31.3 Å². The minimum atomic E-state index is -0.282. The number of aromatic nitrogens is 2. The summed E-state index contributed by atoms with van der Waals surface area (Å²) < 4.78 is 12.5. The summed E-state index contributed by atoms with van der Waals surface area (Å²) in [5.41, 5.74) is 1.81. The number of nitrogens with zero attached hydrogens (tertiary/aromatic N) is 3. The second-order valence-corrected chi connectivity index (χ2v) is 6.02. The van der Waals surface area contributed by atoms with Crippen LogP contribution in [0.15, 0.2) is 24.3 Å². The number of nitrogens with one attached hydrogen (secondary N) is 1. The monoisotopic (exact) mass is 358 g/mol. The van der Waals surface area contributed by atoms with Crippen LogP contribution in [0.5, 0.6) is 11.5 Å². The summed E-state index contributed by atoms with van der Waals surface area (Å²) in [5.74, 6) is 0.748. The minimum Gasteiger partial charge on any atom is -0.486 e. The second kappa shape index (κ2) is 7.47. The van der Waals surface area contributed by atoms with E-state index in [9.17, 15) is 9.59 Å². The summed E-state index contributed by atoms with van der Waals surface area (Å²) in [7, 11) is 1.71. The highest BCUT2D eigenvalue weighted by Gasteiger charge is 2.21. The molecule has 1 aliphatic rings. The molecule has 1 aliphatic heterocycles. The second-order valence-electron chi connectivity index (χ2n) is 6.02. The topological polar surface area (TPSA) is 85.7 Å². The molecular weight excluding hydrogens is 336 g/mol. The zero-order valence-corrected chi connectivity index (χ0v) is 15.1. The Bertz CT molecular complexity index is 831. The molecule has 138 valence electrons. The van der Waals surface area contributed by atoms with Gasteiger partial charge in [0.15, 0.2) is 11.5 Å². The third-order valence-electron chi connectivity index (χ3n) is 4.05. The summed E-state index contributed by atoms with van der Waals surface area (Å²) in [6.45, 7) is 5.01. The van der Waals surface area contributed by atoms with Crippen LogP contribution in [0.4, 0.5) is 5.69 Å². The number of carbonyl (C=O) groups is 2. The van der Waals surface area contributed by atoms with Crippen molar-refractivity contribution in [2.24, 2.45) is 7.05 Å². The Morgan fingerprint density at radius 2 is 1.96 bits per heavy atom. The van der Waals surface area contributed by atoms with Crippen LogP contribution < -0.4 is 14.8 Å². The molecule has 0 spiro atoms. The quantitative estimate of drug-likeness (QED) is 0.877. The number of carbonyl (C=O) groups excluding carboxylic acids is 2. The summed E-state index contributed by atoms with van der Waals surface area (Å²) in [6, 6.07) is 6.93. The van der Waals surface area contributed by atoms with Crippen LogP contribution in [0.25, 0.3) is 0 Å². The molecule has 0 saturated heterocycles. The Hall–Kier alpha value is -3.03. The van der Waals surface area contributed by atoms with Gasteiger partial charge in [-0.2, -0.15) is 5.10 Å². The molecule has 0 saturated carbocycles. The zero-order chi connectivity index (χ0) is 18.7. The van der Waals surface area contributed by atoms with Gasteiger partial charge in [-0.1, -0.05) is 0 Å². The van der Waals surface area contributed by atoms with Gasteiger partial charge in [-0.3, -0.25) is 14.3 Å². The van der Waals surface area contributed by atoms with E-state index < -0.39 is 0 Å². The zero-order valence-electron chi connectivity index (χ0n) is 15.1. The first-order chi connectivity index (χ1) is 12.5. The first-order valence-electron chi connectivity index (χ1n) is 8.47. The van der Waals surface area contributed by atoms with E-state index in [1.165, 1.54) is 9.58 Å². The molecule has 1 aromatic heterocycles. The van der Waals surface area contributed by atoms with Gasteiger partial charge in [0.2, 0.25) is 5.91 Å². The van der Waals surface area contributed by atoms with Crippen molar-refractivity contribution in [3.05, 3.63) is 35.7 Å². The van der Waals surface area contributed by atoms with Gasteiger partial charge in [-0.05, 0) is 32.0 Å². The highest BCUT2D eigenvalue weighted by atomic mass is 16.6. The van der Waals surface area contributed by atoms with Crippen LogP contribution in [0, 0.1) is 6.92 Å². The number of rotatable bonds is 5. The van der Waals surface area contributed by atoms with Crippen molar-refractivity contribution in [2.75, 3.05) is 31.6 Å². The maximum Gasteiger partial charge on any atom is 0.272 e. The smallest absolute Gasteiger partial charge is 0.272 e. The molecule has 3 rings (SSSR count). The highest BCUT2D eigenvalue weighted by molar-refractivity contribution is 5.98. The van der Waals surface area contributed by atoms with Crippen molar-refractivity contribution in [2.45, 2.75) is 13.8 Å². The molecular formula is C18H22N4O4. The van der Waals surface area contributed by atoms with Crippen LogP contribution >= 0.6 is 0 Å². The Labute approximate surface area is 151 Å². The van der Waals surface area contributed by atoms with Gasteiger partial charge in [0.1, 0.15) is 25.5 Å². The van der Waals surface area contributed by atoms with E-state index >= 15 is 0 Å². The number of ether oxygens (including phenoxy) is 2. The van der Waals surface area contributed by atoms with Crippen LogP contribution in [-0.2, 0) is 11.8 Å². The lowest BCUT2D eigenvalue weighted by molar-refractivity contribution is -0.116. The Morgan fingerprint density at radius 3 is 2.62 bits per heavy atom. The van der Waals surface area contributed by atoms with Crippen molar-refractivity contribution >= 4 is 17.5 Å². The Kier molecular flexibility index (Phi) is 5.11. The van der Waals surface area contributed by atoms with E-state index in [2.05, 4.69) is 10.4 Å². The molecule has 2 amide bonds. The van der Waals surface area contributed by atoms with Gasteiger partial charge in [0.25, 0.3) is 5.91 Å². The SMILES string of the molecule is CCN(CC(=O)Nc1ccc2c(c1)OCCO2)C(=O)c1cc(C)nn1C. The average molecular weight is 358 g/mol. The molecule has 0 bridgehead atoms. The lowest BCUT2D eigenvalue weighted by Gasteiger charge is -2.21. The van der Waals surface area contributed by atoms with Crippen LogP contribution in [0.3, 0.4) is 0 Å². The van der Waals surface area contributed by atoms with E-state index in [0.717, 1.165) is 5.69 Å². The number of hydrogen-bond donors (Lipinski definition) is 1. The van der Waals surface area contributed by atoms with Crippen molar-refractivity contribution in [1.29, 1.82) is 0 Å². The molecule has 2 aromatic rings. The molecule has 26 heavy (non-hydrogen) atoms. The minimum absolute atomic E-state index is 0.0476. The fraction of sp³-hybridized carbons (Fsp3) is 0.389. The number of fused-ring (bicyclic) bond motifs is 1. The van der Waals surface area contributed by atoms with Crippen molar-refractivity contribution in [3.8, 4) is 11.5 Å². The van der Waals surface area contributed by atoms with E-state index in [1.807, 2.05) is 13.8 Å². The van der Waals surface area contributed by atoms with Crippen LogP contribution in [0.1, 0.15) is 23.1 Å². The summed E-state index contributed by atoms with van der Waals surface area (Å²) in [5, 5.41) is 6.97. The first-order valence-corrected chi connectivity index (χ1v) is 8.47. The van der Waals surface area contributed by atoms with Crippen LogP contribution in [0.2, 0.25) is 0 Å². The lowest BCUT2D eigenvalue weighted by Crippen LogP contribution is -2.38. The molecule has 1 aromatic carbocycles. The van der Waals surface area contributed by atoms with Gasteiger partial charge in [-0.25, -0.2) is 0 Å². The number of anilines is 1. The highest BCUT2D eigenvalue weighted by Crippen LogP contribution is 2.32. The molecule has 1 N–H and O–H groups in total. The van der Waals surface area contributed by atoms with Gasteiger partial charge in [-0.15, -0.1) is 0 Å².